The van der Waals surface area contributed by atoms with Crippen LogP contribution in [0.2, 0.25) is 0 Å². The lowest BCUT2D eigenvalue weighted by atomic mass is 10.00. The normalized spacial score (nSPS) is 16.0. The van der Waals surface area contributed by atoms with Crippen molar-refractivity contribution in [1.29, 1.82) is 0 Å². The summed E-state index contributed by atoms with van der Waals surface area (Å²) in [5.74, 6) is 0.905. The van der Waals surface area contributed by atoms with E-state index in [9.17, 15) is 9.90 Å². The predicted octanol–water partition coefficient (Wildman–Crippen LogP) is 4.96. The zero-order chi connectivity index (χ0) is 25.5. The van der Waals surface area contributed by atoms with Crippen LogP contribution in [-0.4, -0.2) is 59.7 Å². The van der Waals surface area contributed by atoms with Crippen LogP contribution in [-0.2, 0) is 17.6 Å². The SMILES string of the molecule is C=CCN(CC(=O)N1CCc2sccc2C1COc1ccc(C)cc1C)CC(O)Cc1ccccc1. The van der Waals surface area contributed by atoms with Gasteiger partial charge in [0.2, 0.25) is 5.91 Å². The minimum absolute atomic E-state index is 0.0508. The van der Waals surface area contributed by atoms with Crippen LogP contribution < -0.4 is 4.74 Å². The van der Waals surface area contributed by atoms with Crippen LogP contribution in [0.1, 0.15) is 33.2 Å². The van der Waals surface area contributed by atoms with Gasteiger partial charge in [0.05, 0.1) is 18.7 Å². The average Bonchev–Trinajstić information content (AvgIpc) is 3.33. The van der Waals surface area contributed by atoms with Crippen molar-refractivity contribution >= 4 is 17.2 Å². The van der Waals surface area contributed by atoms with Crippen molar-refractivity contribution in [3.63, 3.8) is 0 Å². The highest BCUT2D eigenvalue weighted by atomic mass is 32.1. The lowest BCUT2D eigenvalue weighted by Gasteiger charge is -2.37. The molecular formula is C30H36N2O3S. The molecule has 0 fully saturated rings. The molecule has 1 amide bonds. The first-order valence-corrected chi connectivity index (χ1v) is 13.4. The Morgan fingerprint density at radius 3 is 2.81 bits per heavy atom. The Bertz CT molecular complexity index is 1160. The fraction of sp³-hybridized carbons (Fsp3) is 0.367. The molecule has 1 aromatic heterocycles. The average molecular weight is 505 g/mol. The lowest BCUT2D eigenvalue weighted by Crippen LogP contribution is -2.48. The third kappa shape index (κ3) is 6.64. The molecule has 1 aliphatic heterocycles. The van der Waals surface area contributed by atoms with E-state index < -0.39 is 6.10 Å². The molecular weight excluding hydrogens is 468 g/mol. The number of rotatable bonds is 11. The first-order chi connectivity index (χ1) is 17.4. The molecule has 2 heterocycles. The summed E-state index contributed by atoms with van der Waals surface area (Å²) in [7, 11) is 0. The number of thiophene rings is 1. The van der Waals surface area contributed by atoms with E-state index in [4.69, 9.17) is 4.74 Å². The number of ether oxygens (including phenoxy) is 1. The van der Waals surface area contributed by atoms with Gasteiger partial charge >= 0.3 is 0 Å². The van der Waals surface area contributed by atoms with Crippen LogP contribution in [0.15, 0.2) is 72.6 Å². The number of carbonyl (C=O) groups is 1. The van der Waals surface area contributed by atoms with Gasteiger partial charge in [-0.2, -0.15) is 0 Å². The summed E-state index contributed by atoms with van der Waals surface area (Å²) in [5, 5.41) is 12.8. The Balaban J connectivity index is 1.44. The number of aliphatic hydroxyl groups excluding tert-OH is 1. The number of nitrogens with zero attached hydrogens (tertiary/aromatic N) is 2. The quantitative estimate of drug-likeness (QED) is 0.375. The maximum absolute atomic E-state index is 13.6. The van der Waals surface area contributed by atoms with Crippen LogP contribution in [0.3, 0.4) is 0 Å². The van der Waals surface area contributed by atoms with Crippen molar-refractivity contribution in [2.24, 2.45) is 0 Å². The molecule has 0 saturated carbocycles. The van der Waals surface area contributed by atoms with Crippen molar-refractivity contribution in [1.82, 2.24) is 9.80 Å². The fourth-order valence-corrected chi connectivity index (χ4v) is 5.85. The predicted molar refractivity (Wildman–Crippen MR) is 147 cm³/mol. The van der Waals surface area contributed by atoms with E-state index in [0.29, 0.717) is 32.7 Å². The second kappa shape index (κ2) is 12.3. The van der Waals surface area contributed by atoms with E-state index in [0.717, 1.165) is 23.3 Å². The molecule has 4 rings (SSSR count). The Labute approximate surface area is 218 Å². The number of fused-ring (bicyclic) bond motifs is 1. The van der Waals surface area contributed by atoms with Crippen molar-refractivity contribution < 1.29 is 14.6 Å². The number of benzene rings is 2. The lowest BCUT2D eigenvalue weighted by molar-refractivity contribution is -0.136. The van der Waals surface area contributed by atoms with Gasteiger partial charge in [0, 0.05) is 24.5 Å². The summed E-state index contributed by atoms with van der Waals surface area (Å²) in [6, 6.07) is 18.1. The summed E-state index contributed by atoms with van der Waals surface area (Å²) in [5.41, 5.74) is 4.56. The number of hydrogen-bond donors (Lipinski definition) is 1. The van der Waals surface area contributed by atoms with E-state index in [1.165, 1.54) is 16.0 Å². The number of hydrogen-bond acceptors (Lipinski definition) is 5. The molecule has 0 radical (unpaired) electrons. The fourth-order valence-electron chi connectivity index (χ4n) is 4.92. The summed E-state index contributed by atoms with van der Waals surface area (Å²) < 4.78 is 6.26. The second-order valence-corrected chi connectivity index (χ2v) is 10.6. The topological polar surface area (TPSA) is 53.0 Å². The smallest absolute Gasteiger partial charge is 0.237 e. The highest BCUT2D eigenvalue weighted by molar-refractivity contribution is 7.10. The Kier molecular flexibility index (Phi) is 8.97. The molecule has 2 atom stereocenters. The molecule has 2 aromatic carbocycles. The van der Waals surface area contributed by atoms with Crippen LogP contribution in [0.25, 0.3) is 0 Å². The Morgan fingerprint density at radius 2 is 2.06 bits per heavy atom. The third-order valence-corrected chi connectivity index (χ3v) is 7.67. The highest BCUT2D eigenvalue weighted by Gasteiger charge is 2.33. The molecule has 1 aliphatic rings. The summed E-state index contributed by atoms with van der Waals surface area (Å²) in [6.07, 6.45) is 2.64. The Morgan fingerprint density at radius 1 is 1.25 bits per heavy atom. The molecule has 0 bridgehead atoms. The molecule has 6 heteroatoms. The highest BCUT2D eigenvalue weighted by Crippen LogP contribution is 2.34. The molecule has 0 saturated heterocycles. The van der Waals surface area contributed by atoms with Crippen LogP contribution >= 0.6 is 11.3 Å². The summed E-state index contributed by atoms with van der Waals surface area (Å²) >= 11 is 1.75. The van der Waals surface area contributed by atoms with Gasteiger partial charge < -0.3 is 14.7 Å². The van der Waals surface area contributed by atoms with Crippen molar-refractivity contribution in [2.45, 2.75) is 38.8 Å². The van der Waals surface area contributed by atoms with E-state index in [2.05, 4.69) is 44.0 Å². The third-order valence-electron chi connectivity index (χ3n) is 6.67. The monoisotopic (exact) mass is 504 g/mol. The first-order valence-electron chi connectivity index (χ1n) is 12.6. The molecule has 36 heavy (non-hydrogen) atoms. The van der Waals surface area contributed by atoms with Gasteiger partial charge in [-0.15, -0.1) is 17.9 Å². The molecule has 5 nitrogen and oxygen atoms in total. The summed E-state index contributed by atoms with van der Waals surface area (Å²) in [6.45, 7) is 10.2. The molecule has 1 N–H and O–H groups in total. The molecule has 0 aliphatic carbocycles. The zero-order valence-corrected chi connectivity index (χ0v) is 22.0. The van der Waals surface area contributed by atoms with Gasteiger partial charge in [0.25, 0.3) is 0 Å². The van der Waals surface area contributed by atoms with E-state index in [1.54, 1.807) is 17.4 Å². The minimum Gasteiger partial charge on any atom is -0.491 e. The van der Waals surface area contributed by atoms with Gasteiger partial charge in [-0.05, 0) is 60.9 Å². The molecule has 3 aromatic rings. The first kappa shape index (κ1) is 26.1. The van der Waals surface area contributed by atoms with Gasteiger partial charge in [0.1, 0.15) is 12.4 Å². The van der Waals surface area contributed by atoms with Crippen LogP contribution in [0.5, 0.6) is 5.75 Å². The van der Waals surface area contributed by atoms with Gasteiger partial charge in [-0.25, -0.2) is 0 Å². The maximum atomic E-state index is 13.6. The van der Waals surface area contributed by atoms with Crippen molar-refractivity contribution in [3.8, 4) is 5.75 Å². The Hall–Kier alpha value is -2.93. The van der Waals surface area contributed by atoms with Gasteiger partial charge in [0.15, 0.2) is 0 Å². The van der Waals surface area contributed by atoms with Crippen LogP contribution in [0, 0.1) is 13.8 Å². The van der Waals surface area contributed by atoms with E-state index in [-0.39, 0.29) is 18.5 Å². The number of aryl methyl sites for hydroxylation is 2. The van der Waals surface area contributed by atoms with Crippen molar-refractivity contribution in [3.05, 3.63) is 99.8 Å². The molecule has 0 spiro atoms. The number of carbonyl (C=O) groups excluding carboxylic acids is 1. The van der Waals surface area contributed by atoms with E-state index >= 15 is 0 Å². The standard InChI is InChI=1S/C30H36N2O3S/c1-4-14-31(19-25(33)18-24-8-6-5-7-9-24)20-30(34)32-15-12-29-26(13-16-36-29)27(32)21-35-28-11-10-22(2)17-23(28)3/h4-11,13,16-17,25,27,33H,1,12,14-15,18-21H2,2-3H3. The number of amides is 1. The summed E-state index contributed by atoms with van der Waals surface area (Å²) in [4.78, 5) is 18.9. The van der Waals surface area contributed by atoms with Gasteiger partial charge in [-0.3, -0.25) is 9.69 Å². The van der Waals surface area contributed by atoms with E-state index in [1.807, 2.05) is 46.2 Å². The molecule has 2 unspecified atom stereocenters. The number of aliphatic hydroxyl groups is 1. The maximum Gasteiger partial charge on any atom is 0.237 e. The molecule has 190 valence electrons. The van der Waals surface area contributed by atoms with Gasteiger partial charge in [-0.1, -0.05) is 54.1 Å². The largest absolute Gasteiger partial charge is 0.491 e. The second-order valence-electron chi connectivity index (χ2n) is 9.56. The van der Waals surface area contributed by atoms with Crippen molar-refractivity contribution in [2.75, 3.05) is 32.8 Å². The zero-order valence-electron chi connectivity index (χ0n) is 21.2. The van der Waals surface area contributed by atoms with Crippen LogP contribution in [0.4, 0.5) is 0 Å². The minimum atomic E-state index is -0.561.